The first-order chi connectivity index (χ1) is 8.22. The predicted octanol–water partition coefficient (Wildman–Crippen LogP) is 1.23. The summed E-state index contributed by atoms with van der Waals surface area (Å²) < 4.78 is 0. The molecule has 0 heterocycles. The highest BCUT2D eigenvalue weighted by Crippen LogP contribution is 2.24. The van der Waals surface area contributed by atoms with Crippen LogP contribution in [-0.2, 0) is 0 Å². The third-order valence-electron chi connectivity index (χ3n) is 2.54. The molecule has 0 unspecified atom stereocenters. The van der Waals surface area contributed by atoms with Gasteiger partial charge >= 0.3 is 0 Å². The average molecular weight is 230 g/mol. The minimum Gasteiger partial charge on any atom is -0.507 e. The van der Waals surface area contributed by atoms with E-state index in [2.05, 4.69) is 5.32 Å². The second-order valence-electron chi connectivity index (χ2n) is 3.76. The maximum atomic E-state index is 11.7. The number of rotatable bonds is 3. The van der Waals surface area contributed by atoms with Gasteiger partial charge in [-0.3, -0.25) is 4.79 Å². The van der Waals surface area contributed by atoms with Crippen LogP contribution in [0.25, 0.3) is 10.8 Å². The molecular formula is C13H14N2O2. The molecule has 0 aliphatic carbocycles. The molecule has 88 valence electrons. The number of hydrogen-bond acceptors (Lipinski definition) is 3. The van der Waals surface area contributed by atoms with Crippen LogP contribution in [0.15, 0.2) is 36.4 Å². The highest BCUT2D eigenvalue weighted by molar-refractivity contribution is 6.01. The SMILES string of the molecule is NCCNC(=O)c1cc2ccccc2cc1O. The van der Waals surface area contributed by atoms with Gasteiger partial charge in [-0.2, -0.15) is 0 Å². The lowest BCUT2D eigenvalue weighted by Crippen LogP contribution is -2.29. The number of nitrogens with one attached hydrogen (secondary N) is 1. The van der Waals surface area contributed by atoms with Crippen LogP contribution in [0.4, 0.5) is 0 Å². The summed E-state index contributed by atoms with van der Waals surface area (Å²) in [4.78, 5) is 11.7. The summed E-state index contributed by atoms with van der Waals surface area (Å²) in [5.41, 5.74) is 5.58. The van der Waals surface area contributed by atoms with Gasteiger partial charge in [0.05, 0.1) is 5.56 Å². The molecule has 0 saturated heterocycles. The van der Waals surface area contributed by atoms with E-state index in [0.29, 0.717) is 13.1 Å². The molecule has 0 saturated carbocycles. The number of fused-ring (bicyclic) bond motifs is 1. The van der Waals surface area contributed by atoms with Crippen LogP contribution < -0.4 is 11.1 Å². The van der Waals surface area contributed by atoms with Crippen molar-refractivity contribution in [3.8, 4) is 5.75 Å². The molecule has 17 heavy (non-hydrogen) atoms. The van der Waals surface area contributed by atoms with Crippen molar-refractivity contribution < 1.29 is 9.90 Å². The zero-order valence-electron chi connectivity index (χ0n) is 9.31. The minimum absolute atomic E-state index is 0.0155. The first-order valence-corrected chi connectivity index (χ1v) is 5.42. The van der Waals surface area contributed by atoms with Gasteiger partial charge in [-0.15, -0.1) is 0 Å². The summed E-state index contributed by atoms with van der Waals surface area (Å²) in [5.74, 6) is -0.322. The second kappa shape index (κ2) is 4.84. The van der Waals surface area contributed by atoms with Crippen LogP contribution >= 0.6 is 0 Å². The molecule has 2 aromatic rings. The fraction of sp³-hybridized carbons (Fsp3) is 0.154. The number of hydrogen-bond donors (Lipinski definition) is 3. The standard InChI is InChI=1S/C13H14N2O2/c14-5-6-15-13(17)11-7-9-3-1-2-4-10(9)8-12(11)16/h1-4,7-8,16H,5-6,14H2,(H,15,17). The molecule has 0 spiro atoms. The van der Waals surface area contributed by atoms with E-state index < -0.39 is 0 Å². The van der Waals surface area contributed by atoms with Crippen LogP contribution in [0.2, 0.25) is 0 Å². The molecule has 2 rings (SSSR count). The van der Waals surface area contributed by atoms with Crippen molar-refractivity contribution in [2.24, 2.45) is 5.73 Å². The largest absolute Gasteiger partial charge is 0.507 e. The number of nitrogens with two attached hydrogens (primary N) is 1. The van der Waals surface area contributed by atoms with Gasteiger partial charge in [-0.1, -0.05) is 24.3 Å². The van der Waals surface area contributed by atoms with Crippen molar-refractivity contribution in [3.63, 3.8) is 0 Å². The molecule has 0 aliphatic rings. The molecule has 0 atom stereocenters. The van der Waals surface area contributed by atoms with Gasteiger partial charge in [0.2, 0.25) is 0 Å². The highest BCUT2D eigenvalue weighted by Gasteiger charge is 2.11. The molecule has 0 fully saturated rings. The number of phenolic OH excluding ortho intramolecular Hbond substituents is 1. The summed E-state index contributed by atoms with van der Waals surface area (Å²) in [5, 5.41) is 14.2. The average Bonchev–Trinajstić information content (AvgIpc) is 2.35. The number of carbonyl (C=O) groups excluding carboxylic acids is 1. The van der Waals surface area contributed by atoms with Crippen LogP contribution in [0.3, 0.4) is 0 Å². The Labute approximate surface area is 99.1 Å². The zero-order valence-corrected chi connectivity index (χ0v) is 9.31. The van der Waals surface area contributed by atoms with Crippen molar-refractivity contribution in [2.75, 3.05) is 13.1 Å². The monoisotopic (exact) mass is 230 g/mol. The van der Waals surface area contributed by atoms with E-state index in [1.54, 1.807) is 12.1 Å². The smallest absolute Gasteiger partial charge is 0.255 e. The van der Waals surface area contributed by atoms with Crippen LogP contribution in [-0.4, -0.2) is 24.1 Å². The van der Waals surface area contributed by atoms with Crippen LogP contribution in [0.5, 0.6) is 5.75 Å². The Morgan fingerprint density at radius 2 is 1.88 bits per heavy atom. The molecule has 4 N–H and O–H groups in total. The summed E-state index contributed by atoms with van der Waals surface area (Å²) in [6.07, 6.45) is 0. The topological polar surface area (TPSA) is 75.3 Å². The lowest BCUT2D eigenvalue weighted by Gasteiger charge is -2.07. The Balaban J connectivity index is 2.40. The number of benzene rings is 2. The number of amides is 1. The van der Waals surface area contributed by atoms with E-state index in [1.165, 1.54) is 0 Å². The van der Waals surface area contributed by atoms with Gasteiger partial charge in [0, 0.05) is 13.1 Å². The molecule has 1 amide bonds. The van der Waals surface area contributed by atoms with Gasteiger partial charge < -0.3 is 16.2 Å². The first kappa shape index (κ1) is 11.4. The lowest BCUT2D eigenvalue weighted by molar-refractivity contribution is 0.0952. The van der Waals surface area contributed by atoms with Gasteiger partial charge in [0.25, 0.3) is 5.91 Å². The molecule has 0 radical (unpaired) electrons. The number of carbonyl (C=O) groups is 1. The molecule has 4 nitrogen and oxygen atoms in total. The van der Waals surface area contributed by atoms with Gasteiger partial charge in [-0.05, 0) is 22.9 Å². The Kier molecular flexibility index (Phi) is 3.25. The van der Waals surface area contributed by atoms with Gasteiger partial charge in [0.1, 0.15) is 5.75 Å². The molecule has 2 aromatic carbocycles. The van der Waals surface area contributed by atoms with Crippen molar-refractivity contribution in [1.29, 1.82) is 0 Å². The van der Waals surface area contributed by atoms with E-state index in [-0.39, 0.29) is 17.2 Å². The normalized spacial score (nSPS) is 10.4. The van der Waals surface area contributed by atoms with E-state index in [4.69, 9.17) is 5.73 Å². The van der Waals surface area contributed by atoms with Gasteiger partial charge in [0.15, 0.2) is 0 Å². The van der Waals surface area contributed by atoms with E-state index in [9.17, 15) is 9.90 Å². The van der Waals surface area contributed by atoms with Crippen LogP contribution in [0.1, 0.15) is 10.4 Å². The fourth-order valence-electron chi connectivity index (χ4n) is 1.69. The number of phenols is 1. The summed E-state index contributed by atoms with van der Waals surface area (Å²) >= 11 is 0. The molecule has 0 aliphatic heterocycles. The molecular weight excluding hydrogens is 216 g/mol. The minimum atomic E-state index is -0.307. The third kappa shape index (κ3) is 2.37. The van der Waals surface area contributed by atoms with Crippen molar-refractivity contribution >= 4 is 16.7 Å². The van der Waals surface area contributed by atoms with Gasteiger partial charge in [-0.25, -0.2) is 0 Å². The second-order valence-corrected chi connectivity index (χ2v) is 3.76. The van der Waals surface area contributed by atoms with E-state index >= 15 is 0 Å². The summed E-state index contributed by atoms with van der Waals surface area (Å²) in [6.45, 7) is 0.769. The molecule has 4 heteroatoms. The number of aromatic hydroxyl groups is 1. The maximum Gasteiger partial charge on any atom is 0.255 e. The maximum absolute atomic E-state index is 11.7. The Bertz CT molecular complexity index is 552. The third-order valence-corrected chi connectivity index (χ3v) is 2.54. The van der Waals surface area contributed by atoms with E-state index in [0.717, 1.165) is 10.8 Å². The Morgan fingerprint density at radius 1 is 1.24 bits per heavy atom. The summed E-state index contributed by atoms with van der Waals surface area (Å²) in [7, 11) is 0. The van der Waals surface area contributed by atoms with Crippen molar-refractivity contribution in [1.82, 2.24) is 5.32 Å². The molecule has 0 bridgehead atoms. The zero-order chi connectivity index (χ0) is 12.3. The van der Waals surface area contributed by atoms with Crippen molar-refractivity contribution in [2.45, 2.75) is 0 Å². The predicted molar refractivity (Wildman–Crippen MR) is 67.0 cm³/mol. The lowest BCUT2D eigenvalue weighted by atomic mass is 10.1. The Hall–Kier alpha value is -2.07. The van der Waals surface area contributed by atoms with Crippen LogP contribution in [0, 0.1) is 0 Å². The summed E-state index contributed by atoms with van der Waals surface area (Å²) in [6, 6.07) is 10.8. The Morgan fingerprint density at radius 3 is 2.53 bits per heavy atom. The van der Waals surface area contributed by atoms with Crippen molar-refractivity contribution in [3.05, 3.63) is 42.0 Å². The first-order valence-electron chi connectivity index (χ1n) is 5.42. The highest BCUT2D eigenvalue weighted by atomic mass is 16.3. The quantitative estimate of drug-likeness (QED) is 0.742. The fourth-order valence-corrected chi connectivity index (χ4v) is 1.69. The van der Waals surface area contributed by atoms with E-state index in [1.807, 2.05) is 24.3 Å². The molecule has 0 aromatic heterocycles.